The predicted octanol–water partition coefficient (Wildman–Crippen LogP) is 2.66. The molecule has 0 atom stereocenters. The molecule has 0 bridgehead atoms. The first-order chi connectivity index (χ1) is 10.2. The number of pyridine rings is 1. The average molecular weight is 284 g/mol. The van der Waals surface area contributed by atoms with Crippen molar-refractivity contribution in [1.82, 2.24) is 10.3 Å². The quantitative estimate of drug-likeness (QED) is 0.911. The Labute approximate surface area is 124 Å². The van der Waals surface area contributed by atoms with Gasteiger partial charge in [-0.05, 0) is 25.0 Å². The van der Waals surface area contributed by atoms with E-state index >= 15 is 0 Å². The van der Waals surface area contributed by atoms with Crippen molar-refractivity contribution in [2.24, 2.45) is 0 Å². The summed E-state index contributed by atoms with van der Waals surface area (Å²) in [7, 11) is 0. The summed E-state index contributed by atoms with van der Waals surface area (Å²) in [5, 5.41) is 13.7. The molecule has 1 aliphatic rings. The molecule has 0 saturated heterocycles. The van der Waals surface area contributed by atoms with Crippen molar-refractivity contribution in [2.45, 2.75) is 37.6 Å². The van der Waals surface area contributed by atoms with E-state index in [-0.39, 0.29) is 12.5 Å². The lowest BCUT2D eigenvalue weighted by molar-refractivity contribution is 0.0754. The number of aromatic nitrogens is 1. The Morgan fingerprint density at radius 3 is 2.67 bits per heavy atom. The number of aliphatic hydroxyl groups excluding tert-OH is 1. The van der Waals surface area contributed by atoms with Gasteiger partial charge in [-0.2, -0.15) is 0 Å². The zero-order valence-electron chi connectivity index (χ0n) is 12.0. The van der Waals surface area contributed by atoms with E-state index in [4.69, 9.17) is 0 Å². The Balaban J connectivity index is 1.82. The lowest BCUT2D eigenvalue weighted by Crippen LogP contribution is -2.52. The van der Waals surface area contributed by atoms with Gasteiger partial charge in [0.15, 0.2) is 0 Å². The van der Waals surface area contributed by atoms with Crippen LogP contribution in [-0.2, 0) is 0 Å². The van der Waals surface area contributed by atoms with E-state index in [1.54, 1.807) is 6.07 Å². The second-order valence-electron chi connectivity index (χ2n) is 5.84. The Hall–Kier alpha value is -1.94. The van der Waals surface area contributed by atoms with Crippen molar-refractivity contribution in [1.29, 1.82) is 0 Å². The molecule has 0 radical (unpaired) electrons. The molecule has 1 aromatic heterocycles. The number of hydrogen-bond acceptors (Lipinski definition) is 3. The first-order valence-corrected chi connectivity index (χ1v) is 7.52. The summed E-state index contributed by atoms with van der Waals surface area (Å²) in [6.07, 6.45) is 4.94. The smallest absolute Gasteiger partial charge is 0.270 e. The number of carbonyl (C=O) groups is 1. The number of aliphatic hydroxyl groups is 1. The molecule has 0 unspecified atom stereocenters. The van der Waals surface area contributed by atoms with Crippen LogP contribution < -0.4 is 5.32 Å². The maximum Gasteiger partial charge on any atom is 0.270 e. The monoisotopic (exact) mass is 284 g/mol. The Morgan fingerprint density at radius 1 is 1.14 bits per heavy atom. The Morgan fingerprint density at radius 2 is 1.90 bits per heavy atom. The lowest BCUT2D eigenvalue weighted by Gasteiger charge is -2.36. The van der Waals surface area contributed by atoms with Crippen molar-refractivity contribution in [3.8, 4) is 0 Å². The second kappa shape index (κ2) is 5.82. The first-order valence-electron chi connectivity index (χ1n) is 7.52. The lowest BCUT2D eigenvalue weighted by atomic mass is 9.82. The van der Waals surface area contributed by atoms with Crippen molar-refractivity contribution in [2.75, 3.05) is 6.61 Å². The fourth-order valence-corrected chi connectivity index (χ4v) is 3.05. The van der Waals surface area contributed by atoms with E-state index < -0.39 is 5.54 Å². The van der Waals surface area contributed by atoms with E-state index in [1.165, 1.54) is 6.42 Å². The zero-order chi connectivity index (χ0) is 14.7. The number of hydrogen-bond donors (Lipinski definition) is 2. The summed E-state index contributed by atoms with van der Waals surface area (Å²) in [6.45, 7) is -0.00762. The van der Waals surface area contributed by atoms with Gasteiger partial charge in [-0.15, -0.1) is 0 Å². The third-order valence-corrected chi connectivity index (χ3v) is 4.32. The Bertz CT molecular complexity index is 648. The maximum atomic E-state index is 12.4. The van der Waals surface area contributed by atoms with Gasteiger partial charge in [0.2, 0.25) is 0 Å². The minimum Gasteiger partial charge on any atom is -0.394 e. The fraction of sp³-hybridized carbons (Fsp3) is 0.412. The second-order valence-corrected chi connectivity index (χ2v) is 5.84. The zero-order valence-corrected chi connectivity index (χ0v) is 12.0. The van der Waals surface area contributed by atoms with Gasteiger partial charge in [0, 0.05) is 5.39 Å². The predicted molar refractivity (Wildman–Crippen MR) is 82.1 cm³/mol. The summed E-state index contributed by atoms with van der Waals surface area (Å²) >= 11 is 0. The molecule has 21 heavy (non-hydrogen) atoms. The molecule has 1 heterocycles. The number of para-hydroxylation sites is 1. The van der Waals surface area contributed by atoms with Crippen LogP contribution in [0.15, 0.2) is 36.4 Å². The van der Waals surface area contributed by atoms with E-state index in [0.29, 0.717) is 5.69 Å². The number of benzene rings is 1. The molecule has 1 saturated carbocycles. The summed E-state index contributed by atoms with van der Waals surface area (Å²) in [6, 6.07) is 11.4. The summed E-state index contributed by atoms with van der Waals surface area (Å²) in [5.41, 5.74) is 0.752. The molecular formula is C17H20N2O2. The standard InChI is InChI=1S/C17H20N2O2/c20-12-17(10-4-1-5-11-17)19-16(21)15-9-8-13-6-2-3-7-14(13)18-15/h2-3,6-9,20H,1,4-5,10-12H2,(H,19,21). The molecule has 2 aromatic rings. The van der Waals surface area contributed by atoms with E-state index in [1.807, 2.05) is 30.3 Å². The molecule has 4 heteroatoms. The third-order valence-electron chi connectivity index (χ3n) is 4.32. The SMILES string of the molecule is O=C(NC1(CO)CCCCC1)c1ccc2ccccc2n1. The maximum absolute atomic E-state index is 12.4. The van der Waals surface area contributed by atoms with E-state index in [2.05, 4.69) is 10.3 Å². The van der Waals surface area contributed by atoms with Crippen molar-refractivity contribution in [3.63, 3.8) is 0 Å². The number of amides is 1. The molecule has 2 N–H and O–H groups in total. The molecule has 110 valence electrons. The molecule has 1 aliphatic carbocycles. The van der Waals surface area contributed by atoms with Gasteiger partial charge >= 0.3 is 0 Å². The van der Waals surface area contributed by atoms with E-state index in [9.17, 15) is 9.90 Å². The van der Waals surface area contributed by atoms with Crippen LogP contribution in [0.3, 0.4) is 0 Å². The highest BCUT2D eigenvalue weighted by Crippen LogP contribution is 2.28. The van der Waals surface area contributed by atoms with Crippen molar-refractivity contribution in [3.05, 3.63) is 42.1 Å². The third kappa shape index (κ3) is 2.90. The van der Waals surface area contributed by atoms with Gasteiger partial charge in [0.05, 0.1) is 17.7 Å². The number of nitrogens with one attached hydrogen (secondary N) is 1. The van der Waals surface area contributed by atoms with Crippen molar-refractivity contribution < 1.29 is 9.90 Å². The first kappa shape index (κ1) is 14.0. The molecule has 1 amide bonds. The normalized spacial score (nSPS) is 17.6. The van der Waals surface area contributed by atoms with Gasteiger partial charge in [-0.1, -0.05) is 43.5 Å². The van der Waals surface area contributed by atoms with Gasteiger partial charge in [0.25, 0.3) is 5.91 Å². The van der Waals surface area contributed by atoms with E-state index in [0.717, 1.165) is 36.6 Å². The van der Waals surface area contributed by atoms with Gasteiger partial charge in [0.1, 0.15) is 5.69 Å². The van der Waals surface area contributed by atoms with Crippen LogP contribution in [0, 0.1) is 0 Å². The largest absolute Gasteiger partial charge is 0.394 e. The summed E-state index contributed by atoms with van der Waals surface area (Å²) in [4.78, 5) is 16.8. The summed E-state index contributed by atoms with van der Waals surface area (Å²) < 4.78 is 0. The molecule has 4 nitrogen and oxygen atoms in total. The van der Waals surface area contributed by atoms with Crippen LogP contribution in [0.25, 0.3) is 10.9 Å². The molecule has 0 aliphatic heterocycles. The van der Waals surface area contributed by atoms with Gasteiger partial charge in [-0.25, -0.2) is 4.98 Å². The number of carbonyl (C=O) groups excluding carboxylic acids is 1. The summed E-state index contributed by atoms with van der Waals surface area (Å²) in [5.74, 6) is -0.197. The average Bonchev–Trinajstić information content (AvgIpc) is 2.55. The topological polar surface area (TPSA) is 62.2 Å². The highest BCUT2D eigenvalue weighted by atomic mass is 16.3. The minimum absolute atomic E-state index is 0.00762. The molecule has 0 spiro atoms. The number of fused-ring (bicyclic) bond motifs is 1. The van der Waals surface area contributed by atoms with Crippen LogP contribution >= 0.6 is 0 Å². The molecule has 1 fully saturated rings. The van der Waals surface area contributed by atoms with Gasteiger partial charge in [-0.3, -0.25) is 4.79 Å². The fourth-order valence-electron chi connectivity index (χ4n) is 3.05. The van der Waals surface area contributed by atoms with Crippen LogP contribution in [0.1, 0.15) is 42.6 Å². The van der Waals surface area contributed by atoms with Crippen LogP contribution in [-0.4, -0.2) is 28.1 Å². The van der Waals surface area contributed by atoms with Gasteiger partial charge < -0.3 is 10.4 Å². The number of rotatable bonds is 3. The molecular weight excluding hydrogens is 264 g/mol. The van der Waals surface area contributed by atoms with Crippen LogP contribution in [0.2, 0.25) is 0 Å². The highest BCUT2D eigenvalue weighted by molar-refractivity contribution is 5.95. The highest BCUT2D eigenvalue weighted by Gasteiger charge is 2.33. The van der Waals surface area contributed by atoms with Crippen LogP contribution in [0.5, 0.6) is 0 Å². The molecule has 1 aromatic carbocycles. The number of nitrogens with zero attached hydrogens (tertiary/aromatic N) is 1. The van der Waals surface area contributed by atoms with Crippen molar-refractivity contribution >= 4 is 16.8 Å². The Kier molecular flexibility index (Phi) is 3.88. The minimum atomic E-state index is -0.470. The molecule has 3 rings (SSSR count). The van der Waals surface area contributed by atoms with Crippen LogP contribution in [0.4, 0.5) is 0 Å².